The molecule has 4 nitrogen and oxygen atoms in total. The molecule has 0 saturated heterocycles. The third-order valence-electron chi connectivity index (χ3n) is 3.39. The fraction of sp³-hybridized carbons (Fsp3) is 0.200. The molecule has 19 heavy (non-hydrogen) atoms. The van der Waals surface area contributed by atoms with E-state index in [0.717, 1.165) is 22.2 Å². The molecule has 0 unspecified atom stereocenters. The molecule has 3 rings (SSSR count). The molecule has 0 spiro atoms. The summed E-state index contributed by atoms with van der Waals surface area (Å²) in [5, 5.41) is 5.15. The molecular formula is C15H14N2O2. The highest BCUT2D eigenvalue weighted by molar-refractivity contribution is 5.82. The summed E-state index contributed by atoms with van der Waals surface area (Å²) in [6.07, 6.45) is 4.25. The van der Waals surface area contributed by atoms with Crippen LogP contribution in [0.5, 0.6) is 0 Å². The number of benzene rings is 1. The standard InChI is InChI=1S/C15H14N2O2/c1-3-12-10(2)13-6-5-11(17-8-4-7-16-17)9-14(13)19-15(12)18/h4-9H,3H2,1-2H3. The maximum Gasteiger partial charge on any atom is 0.339 e. The summed E-state index contributed by atoms with van der Waals surface area (Å²) in [4.78, 5) is 11.9. The second-order valence-electron chi connectivity index (χ2n) is 4.48. The Morgan fingerprint density at radius 2 is 2.21 bits per heavy atom. The van der Waals surface area contributed by atoms with Gasteiger partial charge in [-0.3, -0.25) is 0 Å². The van der Waals surface area contributed by atoms with Gasteiger partial charge >= 0.3 is 5.63 Å². The van der Waals surface area contributed by atoms with Crippen LogP contribution >= 0.6 is 0 Å². The molecule has 3 aromatic rings. The van der Waals surface area contributed by atoms with Crippen molar-refractivity contribution < 1.29 is 4.42 Å². The first kappa shape index (κ1) is 11.7. The highest BCUT2D eigenvalue weighted by Crippen LogP contribution is 2.22. The summed E-state index contributed by atoms with van der Waals surface area (Å²) in [7, 11) is 0. The third-order valence-corrected chi connectivity index (χ3v) is 3.39. The van der Waals surface area contributed by atoms with Crippen LogP contribution in [0.15, 0.2) is 45.9 Å². The normalized spacial score (nSPS) is 11.1. The lowest BCUT2D eigenvalue weighted by Gasteiger charge is -2.07. The lowest BCUT2D eigenvalue weighted by Crippen LogP contribution is -2.09. The average Bonchev–Trinajstić information content (AvgIpc) is 2.92. The molecule has 0 bridgehead atoms. The van der Waals surface area contributed by atoms with Crippen LogP contribution in [0.4, 0.5) is 0 Å². The molecule has 0 aliphatic heterocycles. The smallest absolute Gasteiger partial charge is 0.339 e. The van der Waals surface area contributed by atoms with E-state index in [0.29, 0.717) is 12.0 Å². The van der Waals surface area contributed by atoms with Gasteiger partial charge in [0, 0.05) is 29.4 Å². The molecule has 2 heterocycles. The average molecular weight is 254 g/mol. The SMILES string of the molecule is CCc1c(C)c2ccc(-n3cccn3)cc2oc1=O. The maximum absolute atomic E-state index is 11.9. The highest BCUT2D eigenvalue weighted by Gasteiger charge is 2.10. The van der Waals surface area contributed by atoms with Crippen LogP contribution in [-0.2, 0) is 6.42 Å². The quantitative estimate of drug-likeness (QED) is 0.661. The summed E-state index contributed by atoms with van der Waals surface area (Å²) in [6.45, 7) is 3.93. The van der Waals surface area contributed by atoms with Gasteiger partial charge in [-0.2, -0.15) is 5.10 Å². The van der Waals surface area contributed by atoms with Gasteiger partial charge in [0.25, 0.3) is 0 Å². The Morgan fingerprint density at radius 1 is 1.37 bits per heavy atom. The Labute approximate surface area is 110 Å². The summed E-state index contributed by atoms with van der Waals surface area (Å²) in [5.74, 6) is 0. The Hall–Kier alpha value is -2.36. The van der Waals surface area contributed by atoms with Gasteiger partial charge in [0.05, 0.1) is 5.69 Å². The number of rotatable bonds is 2. The molecule has 0 radical (unpaired) electrons. The van der Waals surface area contributed by atoms with E-state index in [2.05, 4.69) is 5.10 Å². The molecule has 0 atom stereocenters. The largest absolute Gasteiger partial charge is 0.422 e. The van der Waals surface area contributed by atoms with Crippen LogP contribution in [0.1, 0.15) is 18.1 Å². The number of nitrogens with zero attached hydrogens (tertiary/aromatic N) is 2. The molecule has 0 amide bonds. The zero-order valence-corrected chi connectivity index (χ0v) is 10.9. The van der Waals surface area contributed by atoms with E-state index in [1.165, 1.54) is 0 Å². The van der Waals surface area contributed by atoms with E-state index in [4.69, 9.17) is 4.42 Å². The molecule has 0 saturated carbocycles. The molecule has 1 aromatic carbocycles. The van der Waals surface area contributed by atoms with Gasteiger partial charge < -0.3 is 4.42 Å². The van der Waals surface area contributed by atoms with Crippen molar-refractivity contribution in [2.75, 3.05) is 0 Å². The van der Waals surface area contributed by atoms with Gasteiger partial charge in [-0.1, -0.05) is 6.92 Å². The predicted octanol–water partition coefficient (Wildman–Crippen LogP) is 2.85. The van der Waals surface area contributed by atoms with Crippen molar-refractivity contribution in [1.82, 2.24) is 9.78 Å². The lowest BCUT2D eigenvalue weighted by molar-refractivity contribution is 0.549. The summed E-state index contributed by atoms with van der Waals surface area (Å²) < 4.78 is 7.15. The third kappa shape index (κ3) is 1.85. The van der Waals surface area contributed by atoms with Gasteiger partial charge in [0.2, 0.25) is 0 Å². The van der Waals surface area contributed by atoms with Crippen LogP contribution in [0.2, 0.25) is 0 Å². The maximum atomic E-state index is 11.9. The van der Waals surface area contributed by atoms with Crippen LogP contribution in [0.3, 0.4) is 0 Å². The monoisotopic (exact) mass is 254 g/mol. The van der Waals surface area contributed by atoms with E-state index >= 15 is 0 Å². The van der Waals surface area contributed by atoms with Gasteiger partial charge in [0.1, 0.15) is 5.58 Å². The van der Waals surface area contributed by atoms with Gasteiger partial charge in [-0.15, -0.1) is 0 Å². The topological polar surface area (TPSA) is 48.0 Å². The first-order valence-electron chi connectivity index (χ1n) is 6.27. The van der Waals surface area contributed by atoms with Crippen LogP contribution in [-0.4, -0.2) is 9.78 Å². The summed E-state index contributed by atoms with van der Waals surface area (Å²) in [6, 6.07) is 7.65. The van der Waals surface area contributed by atoms with E-state index in [1.807, 2.05) is 44.3 Å². The Balaban J connectivity index is 2.28. The van der Waals surface area contributed by atoms with Crippen molar-refractivity contribution in [1.29, 1.82) is 0 Å². The second-order valence-corrected chi connectivity index (χ2v) is 4.48. The molecule has 4 heteroatoms. The minimum atomic E-state index is -0.245. The second kappa shape index (κ2) is 4.39. The lowest BCUT2D eigenvalue weighted by atomic mass is 10.0. The van der Waals surface area contributed by atoms with E-state index in [9.17, 15) is 4.79 Å². The number of aromatic nitrogens is 2. The highest BCUT2D eigenvalue weighted by atomic mass is 16.4. The number of aryl methyl sites for hydroxylation is 1. The summed E-state index contributed by atoms with van der Waals surface area (Å²) in [5.41, 5.74) is 2.99. The molecule has 0 aliphatic rings. The molecular weight excluding hydrogens is 240 g/mol. The van der Waals surface area contributed by atoms with Crippen LogP contribution < -0.4 is 5.63 Å². The molecule has 96 valence electrons. The van der Waals surface area contributed by atoms with Crippen molar-refractivity contribution >= 4 is 11.0 Å². The van der Waals surface area contributed by atoms with Crippen molar-refractivity contribution in [2.45, 2.75) is 20.3 Å². The van der Waals surface area contributed by atoms with Crippen LogP contribution in [0.25, 0.3) is 16.7 Å². The van der Waals surface area contributed by atoms with Gasteiger partial charge in [0.15, 0.2) is 0 Å². The van der Waals surface area contributed by atoms with E-state index in [-0.39, 0.29) is 5.63 Å². The first-order chi connectivity index (χ1) is 9.20. The van der Waals surface area contributed by atoms with Crippen LogP contribution in [0, 0.1) is 6.92 Å². The molecule has 0 aliphatic carbocycles. The van der Waals surface area contributed by atoms with Crippen molar-refractivity contribution in [3.8, 4) is 5.69 Å². The van der Waals surface area contributed by atoms with Gasteiger partial charge in [-0.05, 0) is 37.1 Å². The Morgan fingerprint density at radius 3 is 2.89 bits per heavy atom. The number of hydrogen-bond donors (Lipinski definition) is 0. The summed E-state index contributed by atoms with van der Waals surface area (Å²) >= 11 is 0. The van der Waals surface area contributed by atoms with E-state index < -0.39 is 0 Å². The van der Waals surface area contributed by atoms with E-state index in [1.54, 1.807) is 10.9 Å². The molecule has 0 N–H and O–H groups in total. The minimum Gasteiger partial charge on any atom is -0.422 e. The fourth-order valence-electron chi connectivity index (χ4n) is 2.36. The predicted molar refractivity (Wildman–Crippen MR) is 73.7 cm³/mol. The van der Waals surface area contributed by atoms with Crippen molar-refractivity contribution in [3.05, 3.63) is 58.2 Å². The van der Waals surface area contributed by atoms with Gasteiger partial charge in [-0.25, -0.2) is 9.48 Å². The number of hydrogen-bond acceptors (Lipinski definition) is 3. The minimum absolute atomic E-state index is 0.245. The van der Waals surface area contributed by atoms with Crippen molar-refractivity contribution in [3.63, 3.8) is 0 Å². The van der Waals surface area contributed by atoms with Crippen molar-refractivity contribution in [2.24, 2.45) is 0 Å². The molecule has 0 fully saturated rings. The zero-order valence-electron chi connectivity index (χ0n) is 10.9. The number of fused-ring (bicyclic) bond motifs is 1. The zero-order chi connectivity index (χ0) is 13.4. The fourth-order valence-corrected chi connectivity index (χ4v) is 2.36. The first-order valence-corrected chi connectivity index (χ1v) is 6.27. The molecule has 2 aromatic heterocycles. The Bertz CT molecular complexity index is 786. The Kier molecular flexibility index (Phi) is 2.71.